The molecular weight excluding hydrogens is 382 g/mol. The van der Waals surface area contributed by atoms with E-state index in [1.54, 1.807) is 11.5 Å². The number of pyridine rings is 1. The van der Waals surface area contributed by atoms with Crippen LogP contribution in [0, 0.1) is 11.6 Å². The molecule has 4 rings (SSSR count). The van der Waals surface area contributed by atoms with E-state index in [-0.39, 0.29) is 48.0 Å². The number of ether oxygens (including phenoxy) is 1. The molecule has 0 bridgehead atoms. The van der Waals surface area contributed by atoms with Crippen LogP contribution in [0.2, 0.25) is 0 Å². The first kappa shape index (κ1) is 19.6. The molecule has 8 heteroatoms. The molecule has 154 valence electrons. The van der Waals surface area contributed by atoms with E-state index in [0.29, 0.717) is 6.42 Å². The van der Waals surface area contributed by atoms with Gasteiger partial charge in [0.1, 0.15) is 17.1 Å². The summed E-state index contributed by atoms with van der Waals surface area (Å²) in [5, 5.41) is 9.43. The molecule has 1 aliphatic heterocycles. The number of rotatable bonds is 5. The molecule has 2 heterocycles. The Hall–Kier alpha value is -2.74. The molecule has 1 unspecified atom stereocenters. The topological polar surface area (TPSA) is 71.8 Å². The van der Waals surface area contributed by atoms with E-state index in [4.69, 9.17) is 4.74 Å². The van der Waals surface area contributed by atoms with Crippen molar-refractivity contribution < 1.29 is 23.4 Å². The summed E-state index contributed by atoms with van der Waals surface area (Å²) in [5.74, 6) is -2.59. The van der Waals surface area contributed by atoms with Gasteiger partial charge in [0.2, 0.25) is 5.43 Å². The van der Waals surface area contributed by atoms with Gasteiger partial charge >= 0.3 is 5.97 Å². The SMILES string of the molecule is C=C1CC(CO)N(c2c(F)cc3c(=O)c(C(=O)OCC)cn(C4CC4)c3c2F)C1. The van der Waals surface area contributed by atoms with E-state index in [9.17, 15) is 14.7 Å². The molecule has 2 aliphatic rings. The predicted octanol–water partition coefficient (Wildman–Crippen LogP) is 2.92. The zero-order valence-corrected chi connectivity index (χ0v) is 16.1. The Morgan fingerprint density at radius 1 is 1.38 bits per heavy atom. The Morgan fingerprint density at radius 3 is 2.72 bits per heavy atom. The summed E-state index contributed by atoms with van der Waals surface area (Å²) in [6.07, 6.45) is 3.29. The van der Waals surface area contributed by atoms with Crippen LogP contribution in [0.3, 0.4) is 0 Å². The molecule has 1 atom stereocenters. The minimum Gasteiger partial charge on any atom is -0.462 e. The average molecular weight is 404 g/mol. The Bertz CT molecular complexity index is 1070. The third kappa shape index (κ3) is 3.21. The number of carbonyl (C=O) groups is 1. The molecular formula is C21H22F2N2O4. The predicted molar refractivity (Wildman–Crippen MR) is 104 cm³/mol. The molecule has 1 saturated carbocycles. The van der Waals surface area contributed by atoms with Gasteiger partial charge in [-0.05, 0) is 32.3 Å². The lowest BCUT2D eigenvalue weighted by Crippen LogP contribution is -2.34. The van der Waals surface area contributed by atoms with Gasteiger partial charge in [0.25, 0.3) is 0 Å². The molecule has 0 amide bonds. The van der Waals surface area contributed by atoms with E-state index < -0.39 is 29.1 Å². The van der Waals surface area contributed by atoms with Crippen molar-refractivity contribution in [1.82, 2.24) is 4.57 Å². The van der Waals surface area contributed by atoms with Crippen molar-refractivity contribution in [3.05, 3.63) is 51.8 Å². The van der Waals surface area contributed by atoms with Crippen LogP contribution in [-0.4, -0.2) is 41.4 Å². The summed E-state index contributed by atoms with van der Waals surface area (Å²) >= 11 is 0. The van der Waals surface area contributed by atoms with Gasteiger partial charge in [-0.1, -0.05) is 12.2 Å². The number of aliphatic hydroxyl groups is 1. The first-order chi connectivity index (χ1) is 13.9. The lowest BCUT2D eigenvalue weighted by molar-refractivity contribution is 0.0524. The molecule has 29 heavy (non-hydrogen) atoms. The highest BCUT2D eigenvalue weighted by Crippen LogP contribution is 2.41. The van der Waals surface area contributed by atoms with Gasteiger partial charge in [-0.15, -0.1) is 0 Å². The van der Waals surface area contributed by atoms with Gasteiger partial charge in [-0.25, -0.2) is 13.6 Å². The number of aliphatic hydroxyl groups excluding tert-OH is 1. The van der Waals surface area contributed by atoms with Crippen molar-refractivity contribution in [3.63, 3.8) is 0 Å². The third-order valence-electron chi connectivity index (χ3n) is 5.48. The highest BCUT2D eigenvalue weighted by atomic mass is 19.1. The standard InChI is InChI=1S/C21H22F2N2O4/c1-3-29-21(28)15-9-25(12-4-5-12)18-14(20(15)27)7-16(22)19(17(18)23)24-8-11(2)6-13(24)10-26/h7,9,12-13,26H,2-6,8,10H2,1H3. The number of fused-ring (bicyclic) bond motifs is 1. The van der Waals surface area contributed by atoms with Gasteiger partial charge in [0.15, 0.2) is 5.82 Å². The average Bonchev–Trinajstić information content (AvgIpc) is 3.45. The van der Waals surface area contributed by atoms with Crippen LogP contribution in [0.5, 0.6) is 0 Å². The maximum absolute atomic E-state index is 15.7. The van der Waals surface area contributed by atoms with Gasteiger partial charge in [-0.2, -0.15) is 0 Å². The molecule has 0 radical (unpaired) electrons. The van der Waals surface area contributed by atoms with Crippen molar-refractivity contribution in [3.8, 4) is 0 Å². The van der Waals surface area contributed by atoms with E-state index in [0.717, 1.165) is 24.5 Å². The molecule has 6 nitrogen and oxygen atoms in total. The van der Waals surface area contributed by atoms with E-state index >= 15 is 8.78 Å². The summed E-state index contributed by atoms with van der Waals surface area (Å²) in [7, 11) is 0. The van der Waals surface area contributed by atoms with Crippen molar-refractivity contribution in [2.45, 2.75) is 38.3 Å². The van der Waals surface area contributed by atoms with Gasteiger partial charge < -0.3 is 19.3 Å². The number of anilines is 1. The third-order valence-corrected chi connectivity index (χ3v) is 5.48. The molecule has 1 aromatic heterocycles. The van der Waals surface area contributed by atoms with E-state index in [1.165, 1.54) is 11.1 Å². The maximum atomic E-state index is 15.7. The van der Waals surface area contributed by atoms with Crippen LogP contribution in [0.25, 0.3) is 10.9 Å². The minimum atomic E-state index is -0.913. The van der Waals surface area contributed by atoms with Crippen LogP contribution in [0.1, 0.15) is 42.6 Å². The van der Waals surface area contributed by atoms with Crippen molar-refractivity contribution >= 4 is 22.6 Å². The number of hydrogen-bond donors (Lipinski definition) is 1. The Balaban J connectivity index is 1.98. The molecule has 0 spiro atoms. The van der Waals surface area contributed by atoms with Gasteiger partial charge in [-0.3, -0.25) is 4.79 Å². The second kappa shape index (κ2) is 7.26. The highest BCUT2D eigenvalue weighted by Gasteiger charge is 2.34. The minimum absolute atomic E-state index is 0.0313. The number of aromatic nitrogens is 1. The maximum Gasteiger partial charge on any atom is 0.343 e. The summed E-state index contributed by atoms with van der Waals surface area (Å²) in [4.78, 5) is 26.5. The molecule has 2 fully saturated rings. The summed E-state index contributed by atoms with van der Waals surface area (Å²) in [6, 6.07) is 0.429. The lowest BCUT2D eigenvalue weighted by atomic mass is 10.1. The molecule has 2 aromatic rings. The second-order valence-electron chi connectivity index (χ2n) is 7.57. The molecule has 1 aliphatic carbocycles. The van der Waals surface area contributed by atoms with Crippen LogP contribution in [-0.2, 0) is 4.74 Å². The van der Waals surface area contributed by atoms with Gasteiger partial charge in [0, 0.05) is 18.8 Å². The highest BCUT2D eigenvalue weighted by molar-refractivity contribution is 5.95. The van der Waals surface area contributed by atoms with Crippen LogP contribution >= 0.6 is 0 Å². The first-order valence-corrected chi connectivity index (χ1v) is 9.65. The normalized spacial score (nSPS) is 19.2. The summed E-state index contributed by atoms with van der Waals surface area (Å²) in [6.45, 7) is 5.52. The quantitative estimate of drug-likeness (QED) is 0.613. The fourth-order valence-corrected chi connectivity index (χ4v) is 3.99. The monoisotopic (exact) mass is 404 g/mol. The van der Waals surface area contributed by atoms with Crippen LogP contribution in [0.4, 0.5) is 14.5 Å². The zero-order valence-electron chi connectivity index (χ0n) is 16.1. The summed E-state index contributed by atoms with van der Waals surface area (Å²) in [5.41, 5.74) is -0.547. The second-order valence-corrected chi connectivity index (χ2v) is 7.57. The van der Waals surface area contributed by atoms with Crippen molar-refractivity contribution in [2.24, 2.45) is 0 Å². The van der Waals surface area contributed by atoms with E-state index in [1.807, 2.05) is 0 Å². The van der Waals surface area contributed by atoms with Crippen LogP contribution < -0.4 is 10.3 Å². The van der Waals surface area contributed by atoms with Crippen molar-refractivity contribution in [2.75, 3.05) is 24.7 Å². The number of carbonyl (C=O) groups excluding carboxylic acids is 1. The largest absolute Gasteiger partial charge is 0.462 e. The molecule has 1 aromatic carbocycles. The fraction of sp³-hybridized carbons (Fsp3) is 0.429. The van der Waals surface area contributed by atoms with Gasteiger partial charge in [0.05, 0.1) is 30.2 Å². The number of benzene rings is 1. The number of nitrogens with zero attached hydrogens (tertiary/aromatic N) is 2. The number of esters is 1. The number of halogens is 2. The fourth-order valence-electron chi connectivity index (χ4n) is 3.99. The number of hydrogen-bond acceptors (Lipinski definition) is 5. The first-order valence-electron chi connectivity index (χ1n) is 9.65. The zero-order chi connectivity index (χ0) is 20.9. The lowest BCUT2D eigenvalue weighted by Gasteiger charge is -2.27. The van der Waals surface area contributed by atoms with Crippen LogP contribution in [0.15, 0.2) is 29.2 Å². The Labute approximate surface area is 166 Å². The van der Waals surface area contributed by atoms with Crippen molar-refractivity contribution in [1.29, 1.82) is 0 Å². The van der Waals surface area contributed by atoms with E-state index in [2.05, 4.69) is 6.58 Å². The summed E-state index contributed by atoms with van der Waals surface area (Å²) < 4.78 is 37.2. The molecule has 1 saturated heterocycles. The smallest absolute Gasteiger partial charge is 0.343 e. The Kier molecular flexibility index (Phi) is 4.90. The molecule has 1 N–H and O–H groups in total. The Morgan fingerprint density at radius 2 is 2.10 bits per heavy atom.